The number of aromatic nitrogens is 2. The molecule has 1 unspecified atom stereocenters. The van der Waals surface area contributed by atoms with E-state index < -0.39 is 0 Å². The summed E-state index contributed by atoms with van der Waals surface area (Å²) in [5, 5.41) is 5.72. The van der Waals surface area contributed by atoms with Gasteiger partial charge in [-0.15, -0.1) is 0 Å². The molecule has 124 valence electrons. The maximum absolute atomic E-state index is 12.3. The third kappa shape index (κ3) is 4.32. The molecule has 0 aliphatic carbocycles. The quantitative estimate of drug-likeness (QED) is 0.755. The van der Waals surface area contributed by atoms with E-state index in [2.05, 4.69) is 24.3 Å². The van der Waals surface area contributed by atoms with Gasteiger partial charge in [-0.25, -0.2) is 4.68 Å². The maximum atomic E-state index is 12.3. The van der Waals surface area contributed by atoms with Gasteiger partial charge in [-0.2, -0.15) is 0 Å². The number of benzene rings is 1. The lowest BCUT2D eigenvalue weighted by molar-refractivity contribution is 0.0928. The Morgan fingerprint density at radius 2 is 1.96 bits per heavy atom. The van der Waals surface area contributed by atoms with E-state index >= 15 is 0 Å². The summed E-state index contributed by atoms with van der Waals surface area (Å²) in [6.07, 6.45) is 0.797. The molecule has 23 heavy (non-hydrogen) atoms. The zero-order chi connectivity index (χ0) is 17.0. The molecule has 0 spiro atoms. The predicted octanol–water partition coefficient (Wildman–Crippen LogP) is 1.58. The van der Waals surface area contributed by atoms with Crippen molar-refractivity contribution in [2.24, 2.45) is 11.7 Å². The molecule has 0 radical (unpaired) electrons. The van der Waals surface area contributed by atoms with Crippen LogP contribution in [0.5, 0.6) is 0 Å². The van der Waals surface area contributed by atoms with Crippen molar-refractivity contribution in [3.63, 3.8) is 0 Å². The second-order valence-corrected chi connectivity index (χ2v) is 6.21. The average Bonchev–Trinajstić information content (AvgIpc) is 2.89. The lowest BCUT2D eigenvalue weighted by atomic mass is 10.0. The molecule has 0 aliphatic rings. The van der Waals surface area contributed by atoms with Crippen LogP contribution >= 0.6 is 0 Å². The van der Waals surface area contributed by atoms with Crippen LogP contribution in [0, 0.1) is 12.8 Å². The molecule has 1 aromatic heterocycles. The maximum Gasteiger partial charge on any atom is 0.271 e. The Morgan fingerprint density at radius 3 is 2.52 bits per heavy atom. The van der Waals surface area contributed by atoms with Crippen LogP contribution in [0.4, 0.5) is 0 Å². The van der Waals surface area contributed by atoms with Gasteiger partial charge in [0.15, 0.2) is 0 Å². The fourth-order valence-corrected chi connectivity index (χ4v) is 2.44. The van der Waals surface area contributed by atoms with Gasteiger partial charge in [0, 0.05) is 18.7 Å². The number of hydrogen-bond donors (Lipinski definition) is 3. The van der Waals surface area contributed by atoms with Crippen LogP contribution in [-0.4, -0.2) is 28.3 Å². The largest absolute Gasteiger partial charge is 0.347 e. The third-order valence-electron chi connectivity index (χ3n) is 3.63. The number of hydrogen-bond acceptors (Lipinski definition) is 3. The van der Waals surface area contributed by atoms with E-state index in [-0.39, 0.29) is 23.2 Å². The minimum absolute atomic E-state index is 0.103. The van der Waals surface area contributed by atoms with Gasteiger partial charge < -0.3 is 11.1 Å². The van der Waals surface area contributed by atoms with Crippen molar-refractivity contribution in [2.45, 2.75) is 33.2 Å². The highest BCUT2D eigenvalue weighted by Crippen LogP contribution is 2.08. The number of amides is 1. The second kappa shape index (κ2) is 7.28. The first-order valence-corrected chi connectivity index (χ1v) is 7.80. The zero-order valence-electron chi connectivity index (χ0n) is 13.8. The molecule has 0 saturated heterocycles. The van der Waals surface area contributed by atoms with Gasteiger partial charge in [0.2, 0.25) is 0 Å². The molecule has 1 amide bonds. The fourth-order valence-electron chi connectivity index (χ4n) is 2.44. The Bertz CT molecular complexity index is 713. The number of aromatic amines is 1. The lowest BCUT2D eigenvalue weighted by Gasteiger charge is -2.18. The van der Waals surface area contributed by atoms with E-state index in [4.69, 9.17) is 5.73 Å². The molecule has 4 N–H and O–H groups in total. The molecule has 2 aromatic rings. The summed E-state index contributed by atoms with van der Waals surface area (Å²) in [7, 11) is 0. The van der Waals surface area contributed by atoms with Crippen LogP contribution in [0.3, 0.4) is 0 Å². The topological polar surface area (TPSA) is 92.9 Å². The summed E-state index contributed by atoms with van der Waals surface area (Å²) in [6, 6.07) is 8.68. The van der Waals surface area contributed by atoms with E-state index in [0.717, 1.165) is 12.0 Å². The summed E-state index contributed by atoms with van der Waals surface area (Å²) >= 11 is 0. The minimum Gasteiger partial charge on any atom is -0.347 e. The van der Waals surface area contributed by atoms with Crippen LogP contribution in [0.15, 0.2) is 35.1 Å². The summed E-state index contributed by atoms with van der Waals surface area (Å²) < 4.78 is 1.36. The van der Waals surface area contributed by atoms with Crippen LogP contribution in [0.2, 0.25) is 0 Å². The Kier molecular flexibility index (Phi) is 5.39. The molecule has 0 bridgehead atoms. The van der Waals surface area contributed by atoms with Crippen molar-refractivity contribution >= 4 is 5.91 Å². The summed E-state index contributed by atoms with van der Waals surface area (Å²) in [4.78, 5) is 24.4. The van der Waals surface area contributed by atoms with Gasteiger partial charge in [-0.1, -0.05) is 31.5 Å². The van der Waals surface area contributed by atoms with Crippen LogP contribution in [0.25, 0.3) is 5.69 Å². The van der Waals surface area contributed by atoms with Crippen molar-refractivity contribution < 1.29 is 4.79 Å². The number of nitrogens with zero attached hydrogens (tertiary/aromatic N) is 1. The third-order valence-corrected chi connectivity index (χ3v) is 3.63. The normalized spacial score (nSPS) is 12.4. The Labute approximate surface area is 135 Å². The van der Waals surface area contributed by atoms with Crippen LogP contribution in [-0.2, 0) is 0 Å². The van der Waals surface area contributed by atoms with Gasteiger partial charge in [-0.3, -0.25) is 14.7 Å². The molecule has 0 aliphatic heterocycles. The lowest BCUT2D eigenvalue weighted by Crippen LogP contribution is -2.41. The molecule has 0 saturated carbocycles. The monoisotopic (exact) mass is 316 g/mol. The van der Waals surface area contributed by atoms with Gasteiger partial charge in [0.05, 0.1) is 5.69 Å². The fraction of sp³-hybridized carbons (Fsp3) is 0.412. The molecular formula is C17H24N4O2. The van der Waals surface area contributed by atoms with Gasteiger partial charge in [0.25, 0.3) is 11.5 Å². The number of rotatable bonds is 6. The SMILES string of the molecule is Cc1ccc(-n2[nH]c(C(=O)NC(CN)CC(C)C)cc2=O)cc1. The molecule has 6 nitrogen and oxygen atoms in total. The smallest absolute Gasteiger partial charge is 0.271 e. The van der Waals surface area contributed by atoms with Crippen molar-refractivity contribution in [2.75, 3.05) is 6.54 Å². The number of nitrogens with one attached hydrogen (secondary N) is 2. The summed E-state index contributed by atoms with van der Waals surface area (Å²) in [5.41, 5.74) is 7.45. The summed E-state index contributed by atoms with van der Waals surface area (Å²) in [5.74, 6) is 0.115. The number of aryl methyl sites for hydroxylation is 1. The number of H-pyrrole nitrogens is 1. The van der Waals surface area contributed by atoms with Crippen molar-refractivity contribution in [3.8, 4) is 5.69 Å². The Hall–Kier alpha value is -2.34. The van der Waals surface area contributed by atoms with E-state index in [9.17, 15) is 9.59 Å². The van der Waals surface area contributed by atoms with Crippen molar-refractivity contribution in [1.29, 1.82) is 0 Å². The van der Waals surface area contributed by atoms with Crippen molar-refractivity contribution in [1.82, 2.24) is 15.1 Å². The van der Waals surface area contributed by atoms with Gasteiger partial charge in [0.1, 0.15) is 5.69 Å². The molecule has 1 heterocycles. The first-order valence-electron chi connectivity index (χ1n) is 7.80. The minimum atomic E-state index is -0.316. The first kappa shape index (κ1) is 17.0. The van der Waals surface area contributed by atoms with E-state index in [1.807, 2.05) is 31.2 Å². The highest BCUT2D eigenvalue weighted by Gasteiger charge is 2.16. The number of carbonyl (C=O) groups excluding carboxylic acids is 1. The van der Waals surface area contributed by atoms with Crippen molar-refractivity contribution in [3.05, 3.63) is 51.9 Å². The molecule has 1 atom stereocenters. The highest BCUT2D eigenvalue weighted by atomic mass is 16.2. The number of carbonyl (C=O) groups is 1. The second-order valence-electron chi connectivity index (χ2n) is 6.21. The van der Waals surface area contributed by atoms with Gasteiger partial charge >= 0.3 is 0 Å². The average molecular weight is 316 g/mol. The molecule has 1 aromatic carbocycles. The molecule has 6 heteroatoms. The molecular weight excluding hydrogens is 292 g/mol. The standard InChI is InChI=1S/C17H24N4O2/c1-11(2)8-13(10-18)19-17(23)15-9-16(22)21(20-15)14-6-4-12(3)5-7-14/h4-7,9,11,13,20H,8,10,18H2,1-3H3,(H,19,23). The van der Waals surface area contributed by atoms with E-state index in [1.165, 1.54) is 10.7 Å². The van der Waals surface area contributed by atoms with E-state index in [0.29, 0.717) is 18.2 Å². The van der Waals surface area contributed by atoms with Crippen LogP contribution < -0.4 is 16.6 Å². The summed E-state index contributed by atoms with van der Waals surface area (Å²) in [6.45, 7) is 6.49. The number of nitrogens with two attached hydrogens (primary N) is 1. The Morgan fingerprint density at radius 1 is 1.30 bits per heavy atom. The molecule has 0 fully saturated rings. The predicted molar refractivity (Wildman–Crippen MR) is 90.9 cm³/mol. The van der Waals surface area contributed by atoms with Crippen LogP contribution in [0.1, 0.15) is 36.3 Å². The van der Waals surface area contributed by atoms with Gasteiger partial charge in [-0.05, 0) is 31.4 Å². The molecule has 2 rings (SSSR count). The van der Waals surface area contributed by atoms with E-state index in [1.54, 1.807) is 0 Å². The Balaban J connectivity index is 2.18. The first-order chi connectivity index (χ1) is 10.9. The zero-order valence-corrected chi connectivity index (χ0v) is 13.8. The highest BCUT2D eigenvalue weighted by molar-refractivity contribution is 5.92.